The SMILES string of the molecule is CCCc1cn(-c2nncn2C)c(=O)n1CC1(c2cccc(-c3nnn[nH]3)c2)C=CN=CC1. The zero-order chi connectivity index (χ0) is 22.8. The predicted molar refractivity (Wildman–Crippen MR) is 122 cm³/mol. The summed E-state index contributed by atoms with van der Waals surface area (Å²) >= 11 is 0. The van der Waals surface area contributed by atoms with E-state index in [0.717, 1.165) is 29.7 Å². The van der Waals surface area contributed by atoms with Gasteiger partial charge in [-0.05, 0) is 34.9 Å². The van der Waals surface area contributed by atoms with Crippen LogP contribution in [0.4, 0.5) is 0 Å². The van der Waals surface area contributed by atoms with Crippen molar-refractivity contribution in [3.63, 3.8) is 0 Å². The number of hydrogen-bond donors (Lipinski definition) is 1. The largest absolute Gasteiger partial charge is 0.335 e. The van der Waals surface area contributed by atoms with Gasteiger partial charge in [0.1, 0.15) is 6.33 Å². The van der Waals surface area contributed by atoms with E-state index in [1.165, 1.54) is 0 Å². The lowest BCUT2D eigenvalue weighted by Gasteiger charge is -2.32. The van der Waals surface area contributed by atoms with E-state index in [9.17, 15) is 4.79 Å². The van der Waals surface area contributed by atoms with Gasteiger partial charge in [-0.1, -0.05) is 37.6 Å². The number of aryl methyl sites for hydroxylation is 2. The van der Waals surface area contributed by atoms with Crippen molar-refractivity contribution < 1.29 is 0 Å². The molecular formula is C22H24N10O. The molecule has 168 valence electrons. The summed E-state index contributed by atoms with van der Waals surface area (Å²) in [6.07, 6.45) is 11.6. The molecule has 1 N–H and O–H groups in total. The molecule has 4 heterocycles. The number of tetrazole rings is 1. The van der Waals surface area contributed by atoms with Crippen molar-refractivity contribution >= 4 is 6.21 Å². The molecule has 0 saturated heterocycles. The Balaban J connectivity index is 1.61. The molecule has 0 bridgehead atoms. The highest BCUT2D eigenvalue weighted by molar-refractivity contribution is 5.65. The van der Waals surface area contributed by atoms with Crippen LogP contribution in [0.2, 0.25) is 0 Å². The number of aromatic nitrogens is 9. The molecule has 1 aliphatic rings. The first-order chi connectivity index (χ1) is 16.1. The number of nitrogens with zero attached hydrogens (tertiary/aromatic N) is 9. The fourth-order valence-electron chi connectivity index (χ4n) is 4.28. The standard InChI is InChI=1S/C22H24N10O/c1-3-5-18-13-31(20-27-24-15-30(20)2)21(33)32(18)14-22(8-10-23-11-9-22)17-7-4-6-16(12-17)19-25-28-29-26-19/h4,6-8,10-13,15H,3,5,9,14H2,1-2H3,(H,25,26,28,29). The van der Waals surface area contributed by atoms with E-state index in [-0.39, 0.29) is 5.69 Å². The van der Waals surface area contributed by atoms with Crippen LogP contribution in [0.1, 0.15) is 31.0 Å². The lowest BCUT2D eigenvalue weighted by Crippen LogP contribution is -2.37. The summed E-state index contributed by atoms with van der Waals surface area (Å²) in [6.45, 7) is 2.57. The van der Waals surface area contributed by atoms with Gasteiger partial charge in [0.15, 0.2) is 5.82 Å². The van der Waals surface area contributed by atoms with E-state index in [2.05, 4.69) is 60.9 Å². The monoisotopic (exact) mass is 444 g/mol. The van der Waals surface area contributed by atoms with Crippen LogP contribution in [0.3, 0.4) is 0 Å². The summed E-state index contributed by atoms with van der Waals surface area (Å²) in [5, 5.41) is 22.3. The second-order valence-corrected chi connectivity index (χ2v) is 8.19. The van der Waals surface area contributed by atoms with E-state index in [1.54, 1.807) is 21.7 Å². The van der Waals surface area contributed by atoms with Gasteiger partial charge >= 0.3 is 5.69 Å². The molecule has 4 aromatic rings. The summed E-state index contributed by atoms with van der Waals surface area (Å²) < 4.78 is 5.16. The quantitative estimate of drug-likeness (QED) is 0.464. The summed E-state index contributed by atoms with van der Waals surface area (Å²) in [7, 11) is 1.82. The number of benzene rings is 1. The molecule has 5 rings (SSSR count). The van der Waals surface area contributed by atoms with Crippen molar-refractivity contribution in [2.24, 2.45) is 12.0 Å². The third kappa shape index (κ3) is 3.71. The predicted octanol–water partition coefficient (Wildman–Crippen LogP) is 1.83. The van der Waals surface area contributed by atoms with Gasteiger partial charge < -0.3 is 4.57 Å². The number of nitrogens with one attached hydrogen (secondary N) is 1. The molecule has 3 aromatic heterocycles. The van der Waals surface area contributed by atoms with Crippen molar-refractivity contribution in [1.29, 1.82) is 0 Å². The minimum absolute atomic E-state index is 0.138. The second-order valence-electron chi connectivity index (χ2n) is 8.19. The zero-order valence-electron chi connectivity index (χ0n) is 18.5. The van der Waals surface area contributed by atoms with Crippen molar-refractivity contribution in [1.82, 2.24) is 44.5 Å². The molecule has 0 fully saturated rings. The zero-order valence-corrected chi connectivity index (χ0v) is 18.5. The van der Waals surface area contributed by atoms with Crippen LogP contribution < -0.4 is 5.69 Å². The topological polar surface area (TPSA) is 124 Å². The Morgan fingerprint density at radius 2 is 2.15 bits per heavy atom. The summed E-state index contributed by atoms with van der Waals surface area (Å²) in [6, 6.07) is 8.07. The third-order valence-electron chi connectivity index (χ3n) is 6.01. The highest BCUT2D eigenvalue weighted by Gasteiger charge is 2.33. The highest BCUT2D eigenvalue weighted by Crippen LogP contribution is 2.35. The molecule has 11 nitrogen and oxygen atoms in total. The number of allylic oxidation sites excluding steroid dienone is 1. The Morgan fingerprint density at radius 3 is 2.85 bits per heavy atom. The fourth-order valence-corrected chi connectivity index (χ4v) is 4.28. The van der Waals surface area contributed by atoms with Gasteiger partial charge in [0.05, 0.1) is 0 Å². The van der Waals surface area contributed by atoms with E-state index < -0.39 is 5.41 Å². The molecule has 0 amide bonds. The van der Waals surface area contributed by atoms with Gasteiger partial charge in [-0.25, -0.2) is 14.5 Å². The van der Waals surface area contributed by atoms with Gasteiger partial charge in [-0.3, -0.25) is 9.56 Å². The summed E-state index contributed by atoms with van der Waals surface area (Å²) in [4.78, 5) is 17.9. The highest BCUT2D eigenvalue weighted by atomic mass is 16.2. The molecule has 0 saturated carbocycles. The Kier molecular flexibility index (Phi) is 5.29. The number of hydrogen-bond acceptors (Lipinski definition) is 7. The minimum Gasteiger partial charge on any atom is -0.302 e. The van der Waals surface area contributed by atoms with E-state index >= 15 is 0 Å². The van der Waals surface area contributed by atoms with Gasteiger partial charge in [0.25, 0.3) is 0 Å². The Labute approximate surface area is 189 Å². The average Bonchev–Trinajstić information content (AvgIpc) is 3.58. The molecule has 1 atom stereocenters. The lowest BCUT2D eigenvalue weighted by molar-refractivity contribution is 0.439. The second kappa shape index (κ2) is 8.41. The van der Waals surface area contributed by atoms with Crippen molar-refractivity contribution in [3.05, 3.63) is 70.8 Å². The Hall–Kier alpha value is -4.15. The van der Waals surface area contributed by atoms with Crippen LogP contribution in [0.25, 0.3) is 17.3 Å². The minimum atomic E-state index is -0.455. The first kappa shape index (κ1) is 20.7. The number of aliphatic imine (C=N–C) groups is 1. The molecule has 11 heteroatoms. The van der Waals surface area contributed by atoms with Gasteiger partial charge in [0.2, 0.25) is 5.95 Å². The third-order valence-corrected chi connectivity index (χ3v) is 6.01. The summed E-state index contributed by atoms with van der Waals surface area (Å²) in [5.74, 6) is 1.09. The van der Waals surface area contributed by atoms with Crippen molar-refractivity contribution in [3.8, 4) is 17.3 Å². The van der Waals surface area contributed by atoms with Crippen LogP contribution in [0, 0.1) is 0 Å². The normalized spacial score (nSPS) is 17.6. The molecule has 0 aliphatic carbocycles. The van der Waals surface area contributed by atoms with Crippen molar-refractivity contribution in [2.75, 3.05) is 0 Å². The fraction of sp³-hybridized carbons (Fsp3) is 0.318. The number of aromatic amines is 1. The summed E-state index contributed by atoms with van der Waals surface area (Å²) in [5.41, 5.74) is 2.30. The molecule has 1 aromatic carbocycles. The lowest BCUT2D eigenvalue weighted by atomic mass is 9.76. The molecule has 1 aliphatic heterocycles. The van der Waals surface area contributed by atoms with E-state index in [1.807, 2.05) is 36.2 Å². The van der Waals surface area contributed by atoms with Crippen LogP contribution in [0.5, 0.6) is 0 Å². The molecule has 0 spiro atoms. The van der Waals surface area contributed by atoms with Crippen LogP contribution >= 0.6 is 0 Å². The molecular weight excluding hydrogens is 420 g/mol. The van der Waals surface area contributed by atoms with Crippen LogP contribution in [-0.4, -0.2) is 50.7 Å². The maximum atomic E-state index is 13.6. The number of H-pyrrole nitrogens is 1. The Bertz CT molecular complexity index is 1370. The first-order valence-corrected chi connectivity index (χ1v) is 10.8. The Morgan fingerprint density at radius 1 is 1.24 bits per heavy atom. The van der Waals surface area contributed by atoms with Gasteiger partial charge in [-0.2, -0.15) is 0 Å². The average molecular weight is 445 g/mol. The van der Waals surface area contributed by atoms with Crippen LogP contribution in [0.15, 0.2) is 58.9 Å². The maximum absolute atomic E-state index is 13.6. The number of rotatable bonds is 7. The molecule has 1 unspecified atom stereocenters. The van der Waals surface area contributed by atoms with Crippen molar-refractivity contribution in [2.45, 2.75) is 38.1 Å². The molecule has 0 radical (unpaired) electrons. The van der Waals surface area contributed by atoms with Gasteiger partial charge in [0, 0.05) is 48.9 Å². The molecule has 33 heavy (non-hydrogen) atoms. The number of imidazole rings is 1. The van der Waals surface area contributed by atoms with Crippen LogP contribution in [-0.2, 0) is 25.4 Å². The van der Waals surface area contributed by atoms with E-state index in [0.29, 0.717) is 24.7 Å². The first-order valence-electron chi connectivity index (χ1n) is 10.8. The smallest absolute Gasteiger partial charge is 0.302 e. The maximum Gasteiger partial charge on any atom is 0.335 e. The van der Waals surface area contributed by atoms with Gasteiger partial charge in [-0.15, -0.1) is 15.3 Å². The van der Waals surface area contributed by atoms with E-state index in [4.69, 9.17) is 0 Å².